The number of ether oxygens (including phenoxy) is 2. The number of aliphatic hydroxyl groups excluding tert-OH is 1. The van der Waals surface area contributed by atoms with Crippen molar-refractivity contribution in [3.8, 4) is 5.88 Å². The van der Waals surface area contributed by atoms with Crippen LogP contribution >= 0.6 is 0 Å². The molecule has 0 bridgehead atoms. The summed E-state index contributed by atoms with van der Waals surface area (Å²) in [6, 6.07) is 0. The second-order valence-electron chi connectivity index (χ2n) is 3.49. The van der Waals surface area contributed by atoms with Crippen LogP contribution in [0.15, 0.2) is 6.33 Å². The summed E-state index contributed by atoms with van der Waals surface area (Å²) < 4.78 is 10.4. The Bertz CT molecular complexity index is 349. The van der Waals surface area contributed by atoms with E-state index < -0.39 is 0 Å². The van der Waals surface area contributed by atoms with Gasteiger partial charge >= 0.3 is 0 Å². The summed E-state index contributed by atoms with van der Waals surface area (Å²) in [4.78, 5) is 7.99. The summed E-state index contributed by atoms with van der Waals surface area (Å²) in [5.74, 6) is 0.960. The topological polar surface area (TPSA) is 103 Å². The van der Waals surface area contributed by atoms with Gasteiger partial charge in [-0.15, -0.1) is 0 Å². The van der Waals surface area contributed by atoms with Gasteiger partial charge in [-0.25, -0.2) is 4.98 Å². The number of nitrogens with zero attached hydrogens (tertiary/aromatic N) is 2. The zero-order valence-electron chi connectivity index (χ0n) is 10.6. The van der Waals surface area contributed by atoms with Gasteiger partial charge < -0.3 is 25.6 Å². The van der Waals surface area contributed by atoms with Crippen LogP contribution in [0.2, 0.25) is 0 Å². The third kappa shape index (κ3) is 4.72. The molecule has 0 amide bonds. The van der Waals surface area contributed by atoms with Crippen LogP contribution < -0.4 is 15.8 Å². The van der Waals surface area contributed by atoms with E-state index in [0.29, 0.717) is 43.8 Å². The molecule has 0 fully saturated rings. The molecular formula is C11H20N4O3. The normalized spacial score (nSPS) is 10.3. The van der Waals surface area contributed by atoms with E-state index in [1.54, 1.807) is 0 Å². The van der Waals surface area contributed by atoms with Crippen LogP contribution in [0.5, 0.6) is 5.88 Å². The molecule has 7 heteroatoms. The van der Waals surface area contributed by atoms with Crippen molar-refractivity contribution in [1.82, 2.24) is 9.97 Å². The molecule has 18 heavy (non-hydrogen) atoms. The summed E-state index contributed by atoms with van der Waals surface area (Å²) in [6.45, 7) is 4.05. The molecule has 0 aliphatic rings. The van der Waals surface area contributed by atoms with Gasteiger partial charge in [-0.1, -0.05) is 0 Å². The highest BCUT2D eigenvalue weighted by Crippen LogP contribution is 2.24. The molecule has 1 aromatic heterocycles. The Morgan fingerprint density at radius 1 is 1.39 bits per heavy atom. The standard InChI is InChI=1S/C11H20N4O3/c1-2-18-11-9(12)10(14-8-15-11)13-4-3-6-17-7-5-16/h8,16H,2-7,12H2,1H3,(H,13,14,15). The number of hydrogen-bond acceptors (Lipinski definition) is 7. The van der Waals surface area contributed by atoms with Crippen molar-refractivity contribution in [2.75, 3.05) is 44.0 Å². The highest BCUT2D eigenvalue weighted by atomic mass is 16.5. The van der Waals surface area contributed by atoms with Crippen LogP contribution in [0.1, 0.15) is 13.3 Å². The molecule has 0 aliphatic carbocycles. The van der Waals surface area contributed by atoms with Crippen molar-refractivity contribution in [1.29, 1.82) is 0 Å². The van der Waals surface area contributed by atoms with Gasteiger partial charge in [0, 0.05) is 13.2 Å². The smallest absolute Gasteiger partial charge is 0.242 e. The number of rotatable bonds is 9. The van der Waals surface area contributed by atoms with Crippen molar-refractivity contribution in [2.45, 2.75) is 13.3 Å². The van der Waals surface area contributed by atoms with E-state index in [1.807, 2.05) is 6.92 Å². The Labute approximate surface area is 106 Å². The average Bonchev–Trinajstić information content (AvgIpc) is 2.38. The van der Waals surface area contributed by atoms with Crippen molar-refractivity contribution in [3.63, 3.8) is 0 Å². The van der Waals surface area contributed by atoms with Crippen LogP contribution in [-0.2, 0) is 4.74 Å². The Morgan fingerprint density at radius 2 is 2.22 bits per heavy atom. The van der Waals surface area contributed by atoms with Crippen molar-refractivity contribution in [2.24, 2.45) is 0 Å². The predicted octanol–water partition coefficient (Wildman–Crippen LogP) is 0.268. The molecule has 0 saturated heterocycles. The Morgan fingerprint density at radius 3 is 2.94 bits per heavy atom. The molecule has 4 N–H and O–H groups in total. The molecule has 1 rings (SSSR count). The lowest BCUT2D eigenvalue weighted by Crippen LogP contribution is -2.11. The van der Waals surface area contributed by atoms with Crippen LogP contribution in [0.3, 0.4) is 0 Å². The summed E-state index contributed by atoms with van der Waals surface area (Å²) in [5, 5.41) is 11.6. The van der Waals surface area contributed by atoms with Gasteiger partial charge in [0.2, 0.25) is 5.88 Å². The fraction of sp³-hybridized carbons (Fsp3) is 0.636. The monoisotopic (exact) mass is 256 g/mol. The third-order valence-electron chi connectivity index (χ3n) is 2.12. The van der Waals surface area contributed by atoms with Crippen LogP contribution in [0, 0.1) is 0 Å². The van der Waals surface area contributed by atoms with Crippen LogP contribution in [0.25, 0.3) is 0 Å². The summed E-state index contributed by atoms with van der Waals surface area (Å²) in [7, 11) is 0. The molecule has 0 atom stereocenters. The van der Waals surface area contributed by atoms with E-state index in [9.17, 15) is 0 Å². The molecule has 0 radical (unpaired) electrons. The minimum absolute atomic E-state index is 0.0456. The lowest BCUT2D eigenvalue weighted by Gasteiger charge is -2.10. The van der Waals surface area contributed by atoms with E-state index in [2.05, 4.69) is 15.3 Å². The highest BCUT2D eigenvalue weighted by Gasteiger charge is 2.07. The van der Waals surface area contributed by atoms with Crippen molar-refractivity contribution in [3.05, 3.63) is 6.33 Å². The molecule has 7 nitrogen and oxygen atoms in total. The van der Waals surface area contributed by atoms with Crippen molar-refractivity contribution >= 4 is 11.5 Å². The maximum Gasteiger partial charge on any atom is 0.242 e. The van der Waals surface area contributed by atoms with Gasteiger partial charge in [0.15, 0.2) is 5.82 Å². The van der Waals surface area contributed by atoms with E-state index in [0.717, 1.165) is 6.42 Å². The van der Waals surface area contributed by atoms with E-state index >= 15 is 0 Å². The van der Waals surface area contributed by atoms with Crippen LogP contribution in [0.4, 0.5) is 11.5 Å². The van der Waals surface area contributed by atoms with Gasteiger partial charge in [-0.2, -0.15) is 4.98 Å². The van der Waals surface area contributed by atoms with Gasteiger partial charge in [0.05, 0.1) is 19.8 Å². The minimum atomic E-state index is 0.0456. The highest BCUT2D eigenvalue weighted by molar-refractivity contribution is 5.66. The Hall–Kier alpha value is -1.60. The number of nitrogen functional groups attached to an aromatic ring is 1. The van der Waals surface area contributed by atoms with Crippen LogP contribution in [-0.4, -0.2) is 48.0 Å². The SMILES string of the molecule is CCOc1ncnc(NCCCOCCO)c1N. The second kappa shape index (κ2) is 8.48. The molecule has 0 unspecified atom stereocenters. The van der Waals surface area contributed by atoms with E-state index in [1.165, 1.54) is 6.33 Å². The average molecular weight is 256 g/mol. The lowest BCUT2D eigenvalue weighted by atomic mass is 10.4. The third-order valence-corrected chi connectivity index (χ3v) is 2.12. The summed E-state index contributed by atoms with van der Waals surface area (Å²) in [5.41, 5.74) is 6.27. The zero-order valence-corrected chi connectivity index (χ0v) is 10.6. The maximum atomic E-state index is 8.53. The van der Waals surface area contributed by atoms with Gasteiger partial charge in [-0.3, -0.25) is 0 Å². The lowest BCUT2D eigenvalue weighted by molar-refractivity contribution is 0.0922. The molecule has 0 spiro atoms. The molecular weight excluding hydrogens is 236 g/mol. The first-order valence-electron chi connectivity index (χ1n) is 5.95. The first-order valence-corrected chi connectivity index (χ1v) is 5.95. The van der Waals surface area contributed by atoms with E-state index in [-0.39, 0.29) is 6.61 Å². The maximum absolute atomic E-state index is 8.53. The molecule has 0 aliphatic heterocycles. The molecule has 1 heterocycles. The molecule has 1 aromatic rings. The molecule has 102 valence electrons. The van der Waals surface area contributed by atoms with E-state index in [4.69, 9.17) is 20.3 Å². The largest absolute Gasteiger partial charge is 0.476 e. The van der Waals surface area contributed by atoms with Gasteiger partial charge in [0.25, 0.3) is 0 Å². The number of hydrogen-bond donors (Lipinski definition) is 3. The van der Waals surface area contributed by atoms with Crippen molar-refractivity contribution < 1.29 is 14.6 Å². The fourth-order valence-corrected chi connectivity index (χ4v) is 1.32. The minimum Gasteiger partial charge on any atom is -0.476 e. The van der Waals surface area contributed by atoms with Gasteiger partial charge in [-0.05, 0) is 13.3 Å². The fourth-order valence-electron chi connectivity index (χ4n) is 1.32. The zero-order chi connectivity index (χ0) is 13.2. The summed E-state index contributed by atoms with van der Waals surface area (Å²) >= 11 is 0. The Balaban J connectivity index is 2.35. The number of aliphatic hydroxyl groups is 1. The number of aromatic nitrogens is 2. The summed E-state index contributed by atoms with van der Waals surface area (Å²) in [6.07, 6.45) is 2.21. The molecule has 0 saturated carbocycles. The number of anilines is 2. The number of nitrogens with two attached hydrogens (primary N) is 1. The van der Waals surface area contributed by atoms with Gasteiger partial charge in [0.1, 0.15) is 12.0 Å². The first-order chi connectivity index (χ1) is 8.79. The Kier molecular flexibility index (Phi) is 6.82. The number of nitrogens with one attached hydrogen (secondary N) is 1. The predicted molar refractivity (Wildman–Crippen MR) is 68.6 cm³/mol. The molecule has 0 aromatic carbocycles. The second-order valence-corrected chi connectivity index (χ2v) is 3.49. The first kappa shape index (κ1) is 14.5. The quantitative estimate of drug-likeness (QED) is 0.545.